The van der Waals surface area contributed by atoms with Gasteiger partial charge in [0.25, 0.3) is 0 Å². The molecule has 1 unspecified atom stereocenters. The molecule has 1 atom stereocenters. The number of hydrogen-bond donors (Lipinski definition) is 2. The zero-order valence-corrected chi connectivity index (χ0v) is 11.6. The van der Waals surface area contributed by atoms with Crippen molar-refractivity contribution in [1.29, 1.82) is 0 Å². The van der Waals surface area contributed by atoms with Crippen molar-refractivity contribution in [3.05, 3.63) is 29.8 Å². The van der Waals surface area contributed by atoms with Crippen molar-refractivity contribution < 1.29 is 18.3 Å². The average molecular weight is 293 g/mol. The van der Waals surface area contributed by atoms with Crippen LogP contribution in [0.15, 0.2) is 24.3 Å². The first-order valence-electron chi connectivity index (χ1n) is 6.21. The van der Waals surface area contributed by atoms with E-state index in [1.165, 1.54) is 0 Å². The predicted octanol–water partition coefficient (Wildman–Crippen LogP) is 0.404. The third-order valence-electron chi connectivity index (χ3n) is 3.05. The Hall–Kier alpha value is -1.84. The maximum absolute atomic E-state index is 12.0. The summed E-state index contributed by atoms with van der Waals surface area (Å²) in [6, 6.07) is 6.90. The van der Waals surface area contributed by atoms with E-state index in [2.05, 4.69) is 17.2 Å². The van der Waals surface area contributed by atoms with Crippen molar-refractivity contribution in [2.24, 2.45) is 5.92 Å². The number of anilines is 1. The highest BCUT2D eigenvalue weighted by atomic mass is 32.2. The van der Waals surface area contributed by atoms with Crippen molar-refractivity contribution in [3.63, 3.8) is 0 Å². The van der Waals surface area contributed by atoms with Crippen LogP contribution in [-0.4, -0.2) is 37.5 Å². The van der Waals surface area contributed by atoms with E-state index in [1.807, 2.05) is 0 Å². The van der Waals surface area contributed by atoms with Crippen LogP contribution < -0.4 is 5.32 Å². The molecule has 1 fully saturated rings. The highest BCUT2D eigenvalue weighted by Crippen LogP contribution is 2.20. The van der Waals surface area contributed by atoms with E-state index >= 15 is 0 Å². The largest absolute Gasteiger partial charge is 0.384 e. The maximum Gasteiger partial charge on any atom is 0.228 e. The number of carbonyl (C=O) groups is 1. The van der Waals surface area contributed by atoms with Gasteiger partial charge >= 0.3 is 0 Å². The summed E-state index contributed by atoms with van der Waals surface area (Å²) in [4.78, 5) is 12.0. The minimum Gasteiger partial charge on any atom is -0.384 e. The number of aliphatic hydroxyl groups excluding tert-OH is 1. The van der Waals surface area contributed by atoms with Crippen LogP contribution in [0.3, 0.4) is 0 Å². The highest BCUT2D eigenvalue weighted by Gasteiger charge is 2.32. The van der Waals surface area contributed by atoms with Gasteiger partial charge in [0.1, 0.15) is 6.61 Å². The molecule has 0 radical (unpaired) electrons. The van der Waals surface area contributed by atoms with Crippen molar-refractivity contribution in [1.82, 2.24) is 0 Å². The van der Waals surface area contributed by atoms with E-state index in [0.29, 0.717) is 17.7 Å². The van der Waals surface area contributed by atoms with Gasteiger partial charge in [0.05, 0.1) is 17.4 Å². The Kier molecular flexibility index (Phi) is 4.42. The van der Waals surface area contributed by atoms with Crippen molar-refractivity contribution in [2.75, 3.05) is 23.4 Å². The molecule has 1 saturated heterocycles. The molecular formula is C14H15NO4S. The molecule has 1 heterocycles. The van der Waals surface area contributed by atoms with Crippen LogP contribution in [0.5, 0.6) is 0 Å². The van der Waals surface area contributed by atoms with E-state index in [0.717, 1.165) is 0 Å². The number of sulfone groups is 1. The topological polar surface area (TPSA) is 83.5 Å². The molecule has 2 rings (SSSR count). The fourth-order valence-electron chi connectivity index (χ4n) is 2.06. The van der Waals surface area contributed by atoms with Gasteiger partial charge in [-0.15, -0.1) is 0 Å². The Morgan fingerprint density at radius 2 is 2.25 bits per heavy atom. The van der Waals surface area contributed by atoms with Gasteiger partial charge in [0.15, 0.2) is 9.84 Å². The zero-order chi connectivity index (χ0) is 14.6. The first-order valence-corrected chi connectivity index (χ1v) is 8.03. The summed E-state index contributed by atoms with van der Waals surface area (Å²) in [6.45, 7) is -0.226. The Labute approximate surface area is 117 Å². The van der Waals surface area contributed by atoms with E-state index in [9.17, 15) is 13.2 Å². The Morgan fingerprint density at radius 3 is 2.90 bits per heavy atom. The standard InChI is InChI=1S/C14H15NO4S/c16-7-2-4-11-3-1-5-13(9-11)15-14(17)12-6-8-20(18,19)10-12/h1,3,5,9,12,16H,6-8,10H2,(H,15,17). The number of amides is 1. The number of benzene rings is 1. The SMILES string of the molecule is O=C(Nc1cccc(C#CCO)c1)C1CCS(=O)(=O)C1. The second-order valence-electron chi connectivity index (χ2n) is 4.63. The molecule has 1 aliphatic heterocycles. The van der Waals surface area contributed by atoms with Crippen LogP contribution >= 0.6 is 0 Å². The lowest BCUT2D eigenvalue weighted by molar-refractivity contribution is -0.119. The van der Waals surface area contributed by atoms with Crippen LogP contribution in [0.25, 0.3) is 0 Å². The molecule has 1 aliphatic rings. The van der Waals surface area contributed by atoms with Gasteiger partial charge in [-0.25, -0.2) is 8.42 Å². The summed E-state index contributed by atoms with van der Waals surface area (Å²) in [5, 5.41) is 11.3. The number of carbonyl (C=O) groups excluding carboxylic acids is 1. The molecule has 0 aliphatic carbocycles. The van der Waals surface area contributed by atoms with Gasteiger partial charge < -0.3 is 10.4 Å². The van der Waals surface area contributed by atoms with Gasteiger partial charge in [-0.1, -0.05) is 17.9 Å². The van der Waals surface area contributed by atoms with Crippen LogP contribution in [-0.2, 0) is 14.6 Å². The average Bonchev–Trinajstić information content (AvgIpc) is 2.77. The number of nitrogens with one attached hydrogen (secondary N) is 1. The maximum atomic E-state index is 12.0. The van der Waals surface area contributed by atoms with Gasteiger partial charge in [-0.2, -0.15) is 0 Å². The molecular weight excluding hydrogens is 278 g/mol. The first-order chi connectivity index (χ1) is 9.50. The minimum atomic E-state index is -3.06. The fraction of sp³-hybridized carbons (Fsp3) is 0.357. The van der Waals surface area contributed by atoms with Crippen molar-refractivity contribution >= 4 is 21.4 Å². The molecule has 106 valence electrons. The molecule has 1 aromatic rings. The number of rotatable bonds is 2. The molecule has 0 bridgehead atoms. The van der Waals surface area contributed by atoms with E-state index in [4.69, 9.17) is 5.11 Å². The molecule has 0 aromatic heterocycles. The van der Waals surface area contributed by atoms with E-state index in [-0.39, 0.29) is 24.0 Å². The summed E-state index contributed by atoms with van der Waals surface area (Å²) in [5.74, 6) is 4.51. The lowest BCUT2D eigenvalue weighted by Gasteiger charge is -2.09. The third kappa shape index (κ3) is 3.83. The lowest BCUT2D eigenvalue weighted by atomic mass is 10.1. The Balaban J connectivity index is 2.05. The molecule has 20 heavy (non-hydrogen) atoms. The van der Waals surface area contributed by atoms with Gasteiger partial charge in [-0.05, 0) is 24.6 Å². The van der Waals surface area contributed by atoms with Crippen LogP contribution in [0.1, 0.15) is 12.0 Å². The fourth-order valence-corrected chi connectivity index (χ4v) is 3.80. The minimum absolute atomic E-state index is 0.0765. The quantitative estimate of drug-likeness (QED) is 0.773. The predicted molar refractivity (Wildman–Crippen MR) is 75.8 cm³/mol. The van der Waals surface area contributed by atoms with Gasteiger partial charge in [-0.3, -0.25) is 4.79 Å². The molecule has 0 saturated carbocycles. The summed E-state index contributed by atoms with van der Waals surface area (Å²) >= 11 is 0. The molecule has 1 amide bonds. The second-order valence-corrected chi connectivity index (χ2v) is 6.86. The number of aliphatic hydroxyl groups is 1. The molecule has 6 heteroatoms. The molecule has 0 spiro atoms. The summed E-state index contributed by atoms with van der Waals surface area (Å²) < 4.78 is 22.7. The smallest absolute Gasteiger partial charge is 0.228 e. The summed E-state index contributed by atoms with van der Waals surface area (Å²) in [5.41, 5.74) is 1.25. The van der Waals surface area contributed by atoms with Crippen molar-refractivity contribution in [3.8, 4) is 11.8 Å². The third-order valence-corrected chi connectivity index (χ3v) is 4.81. The van der Waals surface area contributed by atoms with Gasteiger partial charge in [0, 0.05) is 11.3 Å². The van der Waals surface area contributed by atoms with Crippen molar-refractivity contribution in [2.45, 2.75) is 6.42 Å². The van der Waals surface area contributed by atoms with E-state index in [1.54, 1.807) is 24.3 Å². The van der Waals surface area contributed by atoms with E-state index < -0.39 is 15.8 Å². The molecule has 2 N–H and O–H groups in total. The van der Waals surface area contributed by atoms with Crippen LogP contribution in [0.4, 0.5) is 5.69 Å². The lowest BCUT2D eigenvalue weighted by Crippen LogP contribution is -2.23. The molecule has 1 aromatic carbocycles. The highest BCUT2D eigenvalue weighted by molar-refractivity contribution is 7.91. The normalized spacial score (nSPS) is 19.9. The zero-order valence-electron chi connectivity index (χ0n) is 10.8. The van der Waals surface area contributed by atoms with Crippen LogP contribution in [0.2, 0.25) is 0 Å². The summed E-state index contributed by atoms with van der Waals surface area (Å²) in [6.07, 6.45) is 0.373. The van der Waals surface area contributed by atoms with Gasteiger partial charge in [0.2, 0.25) is 5.91 Å². The number of hydrogen-bond acceptors (Lipinski definition) is 4. The Bertz CT molecular complexity index is 670. The first kappa shape index (κ1) is 14.6. The Morgan fingerprint density at radius 1 is 1.45 bits per heavy atom. The second kappa shape index (κ2) is 6.07. The molecule has 5 nitrogen and oxygen atoms in total. The monoisotopic (exact) mass is 293 g/mol. The van der Waals surface area contributed by atoms with Crippen LogP contribution in [0, 0.1) is 17.8 Å². The summed E-state index contributed by atoms with van der Waals surface area (Å²) in [7, 11) is -3.06.